The Bertz CT molecular complexity index is 437. The summed E-state index contributed by atoms with van der Waals surface area (Å²) >= 11 is 0. The van der Waals surface area contributed by atoms with Crippen LogP contribution in [0.3, 0.4) is 0 Å². The summed E-state index contributed by atoms with van der Waals surface area (Å²) in [6.07, 6.45) is 3.65. The molecule has 1 N–H and O–H groups in total. The van der Waals surface area contributed by atoms with Crippen LogP contribution in [0.5, 0.6) is 0 Å². The maximum Gasteiger partial charge on any atom is 0.341 e. The highest BCUT2D eigenvalue weighted by Crippen LogP contribution is 2.28. The molecule has 0 amide bonds. The third-order valence-electron chi connectivity index (χ3n) is 3.37. The number of methoxy groups -OCH3 is 1. The van der Waals surface area contributed by atoms with E-state index in [0.717, 1.165) is 37.9 Å². The van der Waals surface area contributed by atoms with E-state index in [2.05, 4.69) is 10.1 Å². The van der Waals surface area contributed by atoms with E-state index in [9.17, 15) is 4.79 Å². The van der Waals surface area contributed by atoms with Crippen LogP contribution >= 0.6 is 0 Å². The zero-order chi connectivity index (χ0) is 14.4. The Kier molecular flexibility index (Phi) is 5.61. The van der Waals surface area contributed by atoms with E-state index in [1.807, 2.05) is 0 Å². The van der Waals surface area contributed by atoms with E-state index in [0.29, 0.717) is 17.9 Å². The Hall–Kier alpha value is -1.33. The van der Waals surface area contributed by atoms with Gasteiger partial charge in [-0.25, -0.2) is 4.79 Å². The van der Waals surface area contributed by atoms with Gasteiger partial charge in [0.05, 0.1) is 13.7 Å². The molecule has 0 radical (unpaired) electrons. The van der Waals surface area contributed by atoms with Crippen LogP contribution in [0.2, 0.25) is 0 Å². The second kappa shape index (κ2) is 7.45. The van der Waals surface area contributed by atoms with Crippen molar-refractivity contribution in [2.24, 2.45) is 5.92 Å². The van der Waals surface area contributed by atoms with E-state index in [1.54, 1.807) is 13.0 Å². The van der Waals surface area contributed by atoms with Gasteiger partial charge in [-0.05, 0) is 44.7 Å². The van der Waals surface area contributed by atoms with E-state index in [1.165, 1.54) is 20.0 Å². The molecule has 0 aromatic carbocycles. The molecule has 5 nitrogen and oxygen atoms in total. The molecule has 1 aliphatic rings. The number of hydrogen-bond donors (Lipinski definition) is 1. The summed E-state index contributed by atoms with van der Waals surface area (Å²) in [5.74, 6) is 1.82. The van der Waals surface area contributed by atoms with E-state index >= 15 is 0 Å². The van der Waals surface area contributed by atoms with Crippen molar-refractivity contribution < 1.29 is 18.7 Å². The summed E-state index contributed by atoms with van der Waals surface area (Å²) in [5.41, 5.74) is 0.497. The molecule has 1 saturated carbocycles. The molecule has 112 valence electrons. The highest BCUT2D eigenvalue weighted by molar-refractivity contribution is 5.90. The second-order valence-electron chi connectivity index (χ2n) is 5.22. The molecule has 0 spiro atoms. The molecule has 0 atom stereocenters. The monoisotopic (exact) mass is 281 g/mol. The zero-order valence-electron chi connectivity index (χ0n) is 12.2. The molecule has 0 aliphatic heterocycles. The standard InChI is InChI=1S/C15H23NO4/c1-11-14(15(17)18-2)8-13(20-11)9-16-6-3-7-19-10-12-4-5-12/h8,12,16H,3-7,9-10H2,1-2H3. The minimum atomic E-state index is -0.356. The molecular weight excluding hydrogens is 258 g/mol. The van der Waals surface area contributed by atoms with Crippen LogP contribution < -0.4 is 5.32 Å². The third-order valence-corrected chi connectivity index (χ3v) is 3.37. The molecular formula is C15H23NO4. The van der Waals surface area contributed by atoms with Gasteiger partial charge in [0, 0.05) is 13.2 Å². The molecule has 1 aromatic rings. The van der Waals surface area contributed by atoms with Gasteiger partial charge in [0.15, 0.2) is 0 Å². The predicted octanol–water partition coefficient (Wildman–Crippen LogP) is 2.28. The Morgan fingerprint density at radius 2 is 2.30 bits per heavy atom. The first-order chi connectivity index (χ1) is 9.70. The van der Waals surface area contributed by atoms with Crippen molar-refractivity contribution in [3.63, 3.8) is 0 Å². The number of rotatable bonds is 9. The Labute approximate surface area is 119 Å². The van der Waals surface area contributed by atoms with Crippen molar-refractivity contribution in [3.05, 3.63) is 23.2 Å². The van der Waals surface area contributed by atoms with Crippen LogP contribution in [0.15, 0.2) is 10.5 Å². The number of ether oxygens (including phenoxy) is 2. The minimum Gasteiger partial charge on any atom is -0.465 e. The molecule has 1 aliphatic carbocycles. The quantitative estimate of drug-likeness (QED) is 0.556. The zero-order valence-corrected chi connectivity index (χ0v) is 12.2. The largest absolute Gasteiger partial charge is 0.465 e. The molecule has 1 aromatic heterocycles. The fourth-order valence-corrected chi connectivity index (χ4v) is 1.99. The summed E-state index contributed by atoms with van der Waals surface area (Å²) in [4.78, 5) is 11.4. The lowest BCUT2D eigenvalue weighted by Gasteiger charge is -2.04. The van der Waals surface area contributed by atoms with Crippen molar-refractivity contribution >= 4 is 5.97 Å². The van der Waals surface area contributed by atoms with E-state index in [-0.39, 0.29) is 5.97 Å². The van der Waals surface area contributed by atoms with Gasteiger partial charge in [-0.15, -0.1) is 0 Å². The number of aryl methyl sites for hydroxylation is 1. The highest BCUT2D eigenvalue weighted by Gasteiger charge is 2.20. The number of furan rings is 1. The fraction of sp³-hybridized carbons (Fsp3) is 0.667. The average Bonchev–Trinajstić information content (AvgIpc) is 3.19. The van der Waals surface area contributed by atoms with Gasteiger partial charge in [0.2, 0.25) is 0 Å². The van der Waals surface area contributed by atoms with Gasteiger partial charge >= 0.3 is 5.97 Å². The summed E-state index contributed by atoms with van der Waals surface area (Å²) in [6.45, 7) is 4.97. The Balaban J connectivity index is 1.59. The Morgan fingerprint density at radius 1 is 1.50 bits per heavy atom. The second-order valence-corrected chi connectivity index (χ2v) is 5.22. The lowest BCUT2D eigenvalue weighted by molar-refractivity contribution is 0.0599. The molecule has 1 heterocycles. The topological polar surface area (TPSA) is 60.7 Å². The molecule has 5 heteroatoms. The SMILES string of the molecule is COC(=O)c1cc(CNCCCOCC2CC2)oc1C. The van der Waals surface area contributed by atoms with Crippen molar-refractivity contribution in [1.82, 2.24) is 5.32 Å². The van der Waals surface area contributed by atoms with Crippen LogP contribution in [0, 0.1) is 12.8 Å². The first-order valence-corrected chi connectivity index (χ1v) is 7.16. The normalized spacial score (nSPS) is 14.5. The number of hydrogen-bond acceptors (Lipinski definition) is 5. The molecule has 1 fully saturated rings. The summed E-state index contributed by atoms with van der Waals surface area (Å²) < 4.78 is 15.8. The van der Waals surface area contributed by atoms with Crippen LogP contribution in [0.25, 0.3) is 0 Å². The predicted molar refractivity (Wildman–Crippen MR) is 74.7 cm³/mol. The van der Waals surface area contributed by atoms with Crippen molar-refractivity contribution in [2.75, 3.05) is 26.9 Å². The smallest absolute Gasteiger partial charge is 0.341 e. The molecule has 0 saturated heterocycles. The summed E-state index contributed by atoms with van der Waals surface area (Å²) in [5, 5.41) is 3.28. The molecule has 0 bridgehead atoms. The van der Waals surface area contributed by atoms with Gasteiger partial charge < -0.3 is 19.2 Å². The molecule has 0 unspecified atom stereocenters. The first kappa shape index (κ1) is 15.1. The van der Waals surface area contributed by atoms with Gasteiger partial charge in [0.25, 0.3) is 0 Å². The summed E-state index contributed by atoms with van der Waals surface area (Å²) in [6, 6.07) is 1.73. The van der Waals surface area contributed by atoms with Crippen LogP contribution in [0.4, 0.5) is 0 Å². The van der Waals surface area contributed by atoms with Crippen LogP contribution in [-0.2, 0) is 16.0 Å². The van der Waals surface area contributed by atoms with Crippen LogP contribution in [-0.4, -0.2) is 32.8 Å². The highest BCUT2D eigenvalue weighted by atomic mass is 16.5. The average molecular weight is 281 g/mol. The summed E-state index contributed by atoms with van der Waals surface area (Å²) in [7, 11) is 1.37. The lowest BCUT2D eigenvalue weighted by Crippen LogP contribution is -2.16. The number of carbonyl (C=O) groups excluding carboxylic acids is 1. The van der Waals surface area contributed by atoms with E-state index < -0.39 is 0 Å². The van der Waals surface area contributed by atoms with Gasteiger partial charge in [-0.2, -0.15) is 0 Å². The van der Waals surface area contributed by atoms with Crippen molar-refractivity contribution in [3.8, 4) is 0 Å². The maximum atomic E-state index is 11.4. The number of nitrogens with one attached hydrogen (secondary N) is 1. The Morgan fingerprint density at radius 3 is 3.00 bits per heavy atom. The van der Waals surface area contributed by atoms with E-state index in [4.69, 9.17) is 9.15 Å². The van der Waals surface area contributed by atoms with Crippen molar-refractivity contribution in [2.45, 2.75) is 32.7 Å². The molecule has 20 heavy (non-hydrogen) atoms. The molecule has 2 rings (SSSR count). The lowest BCUT2D eigenvalue weighted by atomic mass is 10.2. The van der Waals surface area contributed by atoms with Crippen LogP contribution in [0.1, 0.15) is 41.1 Å². The van der Waals surface area contributed by atoms with Gasteiger partial charge in [0.1, 0.15) is 17.1 Å². The van der Waals surface area contributed by atoms with Gasteiger partial charge in [-0.3, -0.25) is 0 Å². The number of carbonyl (C=O) groups is 1. The minimum absolute atomic E-state index is 0.356. The number of esters is 1. The van der Waals surface area contributed by atoms with Gasteiger partial charge in [-0.1, -0.05) is 0 Å². The fourth-order valence-electron chi connectivity index (χ4n) is 1.99. The maximum absolute atomic E-state index is 11.4. The first-order valence-electron chi connectivity index (χ1n) is 7.16. The third kappa shape index (κ3) is 4.65. The van der Waals surface area contributed by atoms with Crippen molar-refractivity contribution in [1.29, 1.82) is 0 Å².